The molecule has 2 aromatic rings. The summed E-state index contributed by atoms with van der Waals surface area (Å²) in [6, 6.07) is 0.0262. The molecule has 1 saturated heterocycles. The molecule has 8 nitrogen and oxygen atoms in total. The fourth-order valence-corrected chi connectivity index (χ4v) is 5.21. The summed E-state index contributed by atoms with van der Waals surface area (Å²) < 4.78 is 58.5. The van der Waals surface area contributed by atoms with E-state index in [1.54, 1.807) is 0 Å². The predicted molar refractivity (Wildman–Crippen MR) is 114 cm³/mol. The Kier molecular flexibility index (Phi) is 4.18. The van der Waals surface area contributed by atoms with Crippen molar-refractivity contribution >= 4 is 27.0 Å². The van der Waals surface area contributed by atoms with Crippen LogP contribution in [0.2, 0.25) is 0 Å². The molecule has 2 fully saturated rings. The number of piperidine rings is 1. The van der Waals surface area contributed by atoms with Gasteiger partial charge < -0.3 is 5.32 Å². The molecule has 1 aliphatic heterocycles. The molecule has 9 heteroatoms. The Morgan fingerprint density at radius 1 is 1.28 bits per heavy atom. The van der Waals surface area contributed by atoms with Gasteiger partial charge in [-0.15, -0.1) is 0 Å². The van der Waals surface area contributed by atoms with Crippen LogP contribution in [0, 0.1) is 12.8 Å². The number of sulfonamides is 1. The van der Waals surface area contributed by atoms with Crippen molar-refractivity contribution < 1.29 is 13.9 Å². The SMILES string of the molecule is [2H]C1(Nc2ncc3cc(C([2H])([2H])[2H])c(=O)n([C@@H]4CCC[C@@H]4C)c3n2)CCN(S(C)(=O)=O)CC1. The van der Waals surface area contributed by atoms with Gasteiger partial charge in [-0.1, -0.05) is 13.3 Å². The topological polar surface area (TPSA) is 97.2 Å². The van der Waals surface area contributed by atoms with Gasteiger partial charge in [-0.05, 0) is 44.5 Å². The van der Waals surface area contributed by atoms with Crippen LogP contribution in [0.3, 0.4) is 0 Å². The van der Waals surface area contributed by atoms with Crippen LogP contribution in [0.4, 0.5) is 5.95 Å². The molecule has 0 radical (unpaired) electrons. The Morgan fingerprint density at radius 3 is 2.66 bits per heavy atom. The van der Waals surface area contributed by atoms with Crippen LogP contribution < -0.4 is 10.9 Å². The maximum absolute atomic E-state index is 13.3. The fraction of sp³-hybridized carbons (Fsp3) is 0.650. The van der Waals surface area contributed by atoms with Crippen molar-refractivity contribution in [2.24, 2.45) is 5.92 Å². The first-order chi connectivity index (χ1) is 15.3. The summed E-state index contributed by atoms with van der Waals surface area (Å²) in [5.74, 6) is 0.359. The molecule has 1 aliphatic carbocycles. The first-order valence-corrected chi connectivity index (χ1v) is 11.8. The van der Waals surface area contributed by atoms with Crippen LogP contribution in [0.1, 0.15) is 56.1 Å². The zero-order valence-corrected chi connectivity index (χ0v) is 17.5. The van der Waals surface area contributed by atoms with Gasteiger partial charge in [0.2, 0.25) is 16.0 Å². The van der Waals surface area contributed by atoms with E-state index in [9.17, 15) is 13.2 Å². The van der Waals surface area contributed by atoms with Gasteiger partial charge in [-0.3, -0.25) is 9.36 Å². The number of fused-ring (bicyclic) bond motifs is 1. The van der Waals surface area contributed by atoms with E-state index in [0.717, 1.165) is 25.5 Å². The third kappa shape index (κ3) is 4.02. The van der Waals surface area contributed by atoms with Crippen molar-refractivity contribution in [2.45, 2.75) is 57.9 Å². The molecule has 0 unspecified atom stereocenters. The molecule has 1 saturated carbocycles. The highest BCUT2D eigenvalue weighted by molar-refractivity contribution is 7.88. The van der Waals surface area contributed by atoms with Crippen LogP contribution in [-0.4, -0.2) is 52.6 Å². The molecule has 29 heavy (non-hydrogen) atoms. The van der Waals surface area contributed by atoms with Gasteiger partial charge in [0.05, 0.1) is 7.63 Å². The van der Waals surface area contributed by atoms with Gasteiger partial charge in [-0.2, -0.15) is 4.98 Å². The van der Waals surface area contributed by atoms with Crippen molar-refractivity contribution in [1.29, 1.82) is 0 Å². The van der Waals surface area contributed by atoms with Gasteiger partial charge in [0, 0.05) is 46.4 Å². The largest absolute Gasteiger partial charge is 0.351 e. The smallest absolute Gasteiger partial charge is 0.255 e. The van der Waals surface area contributed by atoms with E-state index in [0.29, 0.717) is 11.0 Å². The number of nitrogens with one attached hydrogen (secondary N) is 1. The van der Waals surface area contributed by atoms with E-state index >= 15 is 0 Å². The molecule has 0 amide bonds. The van der Waals surface area contributed by atoms with Crippen LogP contribution >= 0.6 is 0 Å². The Balaban J connectivity index is 1.73. The Bertz CT molecular complexity index is 1220. The summed E-state index contributed by atoms with van der Waals surface area (Å²) in [6.45, 7) is -0.0679. The highest BCUT2D eigenvalue weighted by Gasteiger charge is 2.29. The number of aryl methyl sites for hydroxylation is 1. The number of anilines is 1. The van der Waals surface area contributed by atoms with Crippen LogP contribution in [0.15, 0.2) is 17.1 Å². The number of hydrogen-bond donors (Lipinski definition) is 1. The molecule has 4 rings (SSSR count). The minimum absolute atomic E-state index is 0.158. The third-order valence-corrected chi connectivity index (χ3v) is 7.31. The maximum atomic E-state index is 13.3. The first-order valence-electron chi connectivity index (χ1n) is 11.9. The molecular formula is C20H29N5O3S. The summed E-state index contributed by atoms with van der Waals surface area (Å²) in [5.41, 5.74) is -0.460. The number of nitrogens with zero attached hydrogens (tertiary/aromatic N) is 4. The van der Waals surface area contributed by atoms with Gasteiger partial charge in [0.1, 0.15) is 5.65 Å². The Hall–Kier alpha value is -2.00. The number of pyridine rings is 1. The van der Waals surface area contributed by atoms with Crippen molar-refractivity contribution in [3.05, 3.63) is 28.2 Å². The first kappa shape index (κ1) is 15.8. The molecule has 2 atom stereocenters. The molecule has 3 heterocycles. The minimum atomic E-state index is -3.31. The van der Waals surface area contributed by atoms with Crippen LogP contribution in [0.25, 0.3) is 11.0 Å². The summed E-state index contributed by atoms with van der Waals surface area (Å²) in [6.07, 6.45) is 5.79. The van der Waals surface area contributed by atoms with E-state index in [-0.39, 0.29) is 49.4 Å². The van der Waals surface area contributed by atoms with Crippen molar-refractivity contribution in [3.63, 3.8) is 0 Å². The average Bonchev–Trinajstić information content (AvgIpc) is 3.11. The summed E-state index contributed by atoms with van der Waals surface area (Å²) in [4.78, 5) is 22.1. The molecule has 1 N–H and O–H groups in total. The Morgan fingerprint density at radius 2 is 2.03 bits per heavy atom. The second-order valence-electron chi connectivity index (χ2n) is 8.07. The predicted octanol–water partition coefficient (Wildman–Crippen LogP) is 2.30. The molecule has 2 aromatic heterocycles. The van der Waals surface area contributed by atoms with Gasteiger partial charge in [-0.25, -0.2) is 17.7 Å². The maximum Gasteiger partial charge on any atom is 0.255 e. The monoisotopic (exact) mass is 423 g/mol. The molecule has 0 spiro atoms. The highest BCUT2D eigenvalue weighted by atomic mass is 32.2. The lowest BCUT2D eigenvalue weighted by Crippen LogP contribution is -2.42. The zero-order chi connectivity index (χ0) is 24.2. The third-order valence-electron chi connectivity index (χ3n) is 6.00. The quantitative estimate of drug-likeness (QED) is 0.810. The van der Waals surface area contributed by atoms with Gasteiger partial charge in [0.15, 0.2) is 0 Å². The van der Waals surface area contributed by atoms with Crippen molar-refractivity contribution in [2.75, 3.05) is 24.7 Å². The zero-order valence-electron chi connectivity index (χ0n) is 20.7. The Labute approximate surface area is 177 Å². The number of aromatic nitrogens is 3. The van der Waals surface area contributed by atoms with E-state index in [1.165, 1.54) is 21.1 Å². The number of rotatable bonds is 4. The normalized spacial score (nSPS) is 27.8. The molecule has 158 valence electrons. The second-order valence-corrected chi connectivity index (χ2v) is 10.1. The van der Waals surface area contributed by atoms with Crippen molar-refractivity contribution in [3.8, 4) is 0 Å². The molecule has 2 aliphatic rings. The summed E-state index contributed by atoms with van der Waals surface area (Å²) in [5, 5.41) is 3.47. The fourth-order valence-electron chi connectivity index (χ4n) is 4.37. The lowest BCUT2D eigenvalue weighted by Gasteiger charge is -2.30. The standard InChI is InChI=1S/C20H29N5O3S/c1-13-5-4-6-17(13)25-18-15(11-14(2)19(25)26)12-21-20(23-18)22-16-7-9-24(10-8-16)29(3,27)28/h11-13,16-17H,4-10H2,1-3H3,(H,21,22,23)/t13-,17+/m0/s1/i2D3,16D. The number of hydrogen-bond acceptors (Lipinski definition) is 6. The summed E-state index contributed by atoms with van der Waals surface area (Å²) >= 11 is 0. The van der Waals surface area contributed by atoms with Gasteiger partial charge >= 0.3 is 0 Å². The minimum Gasteiger partial charge on any atom is -0.351 e. The molecular weight excluding hydrogens is 390 g/mol. The average molecular weight is 424 g/mol. The molecule has 0 aromatic carbocycles. The lowest BCUT2D eigenvalue weighted by atomic mass is 10.1. The van der Waals surface area contributed by atoms with E-state index in [1.807, 2.05) is 6.92 Å². The van der Waals surface area contributed by atoms with Crippen molar-refractivity contribution in [1.82, 2.24) is 18.8 Å². The van der Waals surface area contributed by atoms with E-state index in [4.69, 9.17) is 5.48 Å². The van der Waals surface area contributed by atoms with Crippen LogP contribution in [0.5, 0.6) is 0 Å². The second kappa shape index (κ2) is 7.68. The molecule has 0 bridgehead atoms. The lowest BCUT2D eigenvalue weighted by molar-refractivity contribution is 0.331. The summed E-state index contributed by atoms with van der Waals surface area (Å²) in [7, 11) is -3.31. The van der Waals surface area contributed by atoms with E-state index < -0.39 is 28.5 Å². The van der Waals surface area contributed by atoms with E-state index in [2.05, 4.69) is 15.3 Å². The van der Waals surface area contributed by atoms with Gasteiger partial charge in [0.25, 0.3) is 5.56 Å². The van der Waals surface area contributed by atoms with Crippen LogP contribution in [-0.2, 0) is 10.0 Å². The highest BCUT2D eigenvalue weighted by Crippen LogP contribution is 2.36.